The lowest BCUT2D eigenvalue weighted by Gasteiger charge is -2.35. The average molecular weight is 1060 g/mol. The molecule has 1 aliphatic rings. The molecule has 1 fully saturated rings. The van der Waals surface area contributed by atoms with Gasteiger partial charge < -0.3 is 9.47 Å². The zero-order valence-electron chi connectivity index (χ0n) is 58.9. The van der Waals surface area contributed by atoms with Crippen LogP contribution in [-0.4, -0.2) is 26.4 Å². The van der Waals surface area contributed by atoms with E-state index in [1.807, 2.05) is 0 Å². The highest BCUT2D eigenvalue weighted by atomic mass is 16.5. The van der Waals surface area contributed by atoms with Gasteiger partial charge in [-0.15, -0.1) is 0 Å². The van der Waals surface area contributed by atoms with Crippen molar-refractivity contribution in [2.75, 3.05) is 20.3 Å². The third kappa shape index (κ3) is 39.2. The van der Waals surface area contributed by atoms with Crippen LogP contribution >= 0.6 is 0 Å². The van der Waals surface area contributed by atoms with E-state index >= 15 is 0 Å². The van der Waals surface area contributed by atoms with Gasteiger partial charge in [0.05, 0.1) is 6.10 Å². The van der Waals surface area contributed by atoms with E-state index in [1.165, 1.54) is 31.2 Å². The van der Waals surface area contributed by atoms with Crippen molar-refractivity contribution in [1.82, 2.24) is 0 Å². The maximum Gasteiger partial charge on any atom is 0.0576 e. The molecule has 75 heavy (non-hydrogen) atoms. The molecule has 0 spiro atoms. The van der Waals surface area contributed by atoms with E-state index in [0.717, 1.165) is 132 Å². The van der Waals surface area contributed by atoms with Gasteiger partial charge in [0.2, 0.25) is 0 Å². The minimum Gasteiger partial charge on any atom is -0.381 e. The van der Waals surface area contributed by atoms with Crippen molar-refractivity contribution in [3.8, 4) is 0 Å². The molecule has 2 unspecified atom stereocenters. The molecule has 1 heterocycles. The van der Waals surface area contributed by atoms with Crippen LogP contribution < -0.4 is 0 Å². The molecule has 2 heteroatoms. The van der Waals surface area contributed by atoms with Crippen LogP contribution in [0.1, 0.15) is 279 Å². The number of methoxy groups -OCH3 is 1. The fourth-order valence-corrected chi connectivity index (χ4v) is 14.3. The fourth-order valence-electron chi connectivity index (χ4n) is 14.3. The van der Waals surface area contributed by atoms with Gasteiger partial charge in [0, 0.05) is 20.3 Å². The zero-order chi connectivity index (χ0) is 60.2. The molecule has 0 N–H and O–H groups in total. The van der Waals surface area contributed by atoms with Crippen molar-refractivity contribution in [1.29, 1.82) is 0 Å². The second kappa shape index (κ2) is 46.8. The van der Waals surface area contributed by atoms with E-state index in [1.54, 1.807) is 7.11 Å². The lowest BCUT2D eigenvalue weighted by Crippen LogP contribution is -2.30. The smallest absolute Gasteiger partial charge is 0.0576 e. The number of rotatable bonds is 22. The van der Waals surface area contributed by atoms with Gasteiger partial charge >= 0.3 is 0 Å². The number of hydrogen-bond acceptors (Lipinski definition) is 2. The fraction of sp³-hybridized carbons (Fsp3) is 0.918. The van der Waals surface area contributed by atoms with E-state index in [-0.39, 0.29) is 0 Å². The van der Waals surface area contributed by atoms with Crippen molar-refractivity contribution >= 4 is 0 Å². The predicted molar refractivity (Wildman–Crippen MR) is 348 cm³/mol. The number of ether oxygens (including phenoxy) is 2. The summed E-state index contributed by atoms with van der Waals surface area (Å²) in [4.78, 5) is 0. The Morgan fingerprint density at radius 1 is 0.387 bits per heavy atom. The Kier molecular flexibility index (Phi) is 51.8. The molecule has 1 aromatic carbocycles. The Bertz CT molecular complexity index is 1210. The first kappa shape index (κ1) is 83.0. The summed E-state index contributed by atoms with van der Waals surface area (Å²) in [5, 5.41) is 0. The van der Waals surface area contributed by atoms with Crippen LogP contribution in [0.15, 0.2) is 30.3 Å². The van der Waals surface area contributed by atoms with Gasteiger partial charge in [0.15, 0.2) is 0 Å². The highest BCUT2D eigenvalue weighted by molar-refractivity contribution is 5.20. The zero-order valence-corrected chi connectivity index (χ0v) is 58.9. The molecular formula is C73H150O2. The van der Waals surface area contributed by atoms with Gasteiger partial charge in [-0.2, -0.15) is 0 Å². The molecular weight excluding hydrogens is 909 g/mol. The van der Waals surface area contributed by atoms with E-state index in [9.17, 15) is 0 Å². The second-order valence-corrected chi connectivity index (χ2v) is 29.1. The largest absolute Gasteiger partial charge is 0.381 e. The van der Waals surface area contributed by atoms with Crippen LogP contribution in [0.4, 0.5) is 0 Å². The van der Waals surface area contributed by atoms with Gasteiger partial charge in [-0.1, -0.05) is 279 Å². The highest BCUT2D eigenvalue weighted by Crippen LogP contribution is 2.35. The Morgan fingerprint density at radius 2 is 0.720 bits per heavy atom. The maximum atomic E-state index is 5.41. The molecule has 2 rings (SSSR count). The van der Waals surface area contributed by atoms with Crippen LogP contribution in [0.3, 0.4) is 0 Å². The summed E-state index contributed by atoms with van der Waals surface area (Å²) in [7, 11) is 1.79. The van der Waals surface area contributed by atoms with Gasteiger partial charge in [-0.05, 0) is 167 Å². The molecule has 1 aromatic rings. The second-order valence-electron chi connectivity index (χ2n) is 29.1. The lowest BCUT2D eigenvalue weighted by atomic mass is 9.73. The van der Waals surface area contributed by atoms with Crippen molar-refractivity contribution in [2.24, 2.45) is 136 Å². The summed E-state index contributed by atoms with van der Waals surface area (Å²) in [6, 6.07) is 10.8. The van der Waals surface area contributed by atoms with Crippen molar-refractivity contribution in [3.63, 3.8) is 0 Å². The van der Waals surface area contributed by atoms with Crippen molar-refractivity contribution < 1.29 is 9.47 Å². The first-order valence-corrected chi connectivity index (χ1v) is 32.5. The standard InChI is InChI=1S/C13H20.C12H24O.C11H24.C10H22O.C10H22.C9H20.C8H18/c1-10(2)13(11(3)4)12-8-6-5-7-9-12;1-9(2)12(10(3)4)11-5-7-13-8-6-11;1-7-10(6)11(8(2)3)9(4)5;1-7(2)10(8(3)4)9(5)11-6;1-7(2)10(8(3)4)9(5)6;1-6-9(7(2)3)8(4)5;1-6(2)8(5)7(3)4/h5-11,13H,1-4H3;9-12H,5-8H2,1-4H3;8-11H,7H2,1-6H3;7-10H,1-6H3;7-10H,1-6H3;7-9H,6H2,1-5H3;6-8H,1-5H3. The van der Waals surface area contributed by atoms with Gasteiger partial charge in [0.25, 0.3) is 0 Å². The Balaban J connectivity index is -0.000000256. The quantitative estimate of drug-likeness (QED) is 0.115. The van der Waals surface area contributed by atoms with E-state index < -0.39 is 0 Å². The summed E-state index contributed by atoms with van der Waals surface area (Å²) < 4.78 is 10.7. The molecule has 2 atom stereocenters. The van der Waals surface area contributed by atoms with Crippen LogP contribution in [0.25, 0.3) is 0 Å². The average Bonchev–Trinajstić information content (AvgIpc) is 3.26. The summed E-state index contributed by atoms with van der Waals surface area (Å²) in [5.41, 5.74) is 1.48. The summed E-state index contributed by atoms with van der Waals surface area (Å²) in [6.45, 7) is 82.8. The van der Waals surface area contributed by atoms with E-state index in [0.29, 0.717) is 29.8 Å². The maximum absolute atomic E-state index is 5.41. The van der Waals surface area contributed by atoms with E-state index in [4.69, 9.17) is 9.47 Å². The summed E-state index contributed by atoms with van der Waals surface area (Å²) in [5.74, 6) is 19.7. The topological polar surface area (TPSA) is 18.5 Å². The first-order chi connectivity index (χ1) is 34.4. The highest BCUT2D eigenvalue weighted by Gasteiger charge is 2.29. The molecule has 0 saturated carbocycles. The third-order valence-corrected chi connectivity index (χ3v) is 17.9. The minimum absolute atomic E-state index is 0.384. The molecule has 1 saturated heterocycles. The molecule has 0 radical (unpaired) electrons. The van der Waals surface area contributed by atoms with Gasteiger partial charge in [-0.25, -0.2) is 0 Å². The Labute approximate surface area is 479 Å². The van der Waals surface area contributed by atoms with Crippen molar-refractivity contribution in [2.45, 2.75) is 280 Å². The van der Waals surface area contributed by atoms with Gasteiger partial charge in [0.1, 0.15) is 0 Å². The van der Waals surface area contributed by atoms with Crippen LogP contribution in [-0.2, 0) is 9.47 Å². The molecule has 0 aliphatic carbocycles. The minimum atomic E-state index is 0.384. The lowest BCUT2D eigenvalue weighted by molar-refractivity contribution is 0.0253. The SMILES string of the molecule is CC(C)C(C(C)C)C(C)C.CC(C)C(C(C)C)C1CCOCC1.CC(C)C(C)C(C)C.CC(C)C(c1ccccc1)C(C)C.CCC(C(C)C)C(C)C.CCC(C)C(C(C)C)C(C)C.COC(C)C(C(C)C)C(C)C. The molecule has 0 bridgehead atoms. The number of hydrogen-bond donors (Lipinski definition) is 0. The number of benzene rings is 1. The Morgan fingerprint density at radius 3 is 0.880 bits per heavy atom. The third-order valence-electron chi connectivity index (χ3n) is 17.9. The van der Waals surface area contributed by atoms with E-state index in [2.05, 4.69) is 273 Å². The Hall–Kier alpha value is -0.860. The summed E-state index contributed by atoms with van der Waals surface area (Å²) >= 11 is 0. The van der Waals surface area contributed by atoms with Gasteiger partial charge in [-0.3, -0.25) is 0 Å². The molecule has 0 aromatic heterocycles. The molecule has 1 aliphatic heterocycles. The van der Waals surface area contributed by atoms with Crippen LogP contribution in [0.2, 0.25) is 0 Å². The van der Waals surface area contributed by atoms with Crippen LogP contribution in [0, 0.1) is 136 Å². The predicted octanol–water partition coefficient (Wildman–Crippen LogP) is 24.2. The van der Waals surface area contributed by atoms with Crippen LogP contribution in [0.5, 0.6) is 0 Å². The normalized spacial score (nSPS) is 14.4. The molecule has 454 valence electrons. The van der Waals surface area contributed by atoms with Crippen molar-refractivity contribution in [3.05, 3.63) is 35.9 Å². The first-order valence-electron chi connectivity index (χ1n) is 32.5. The summed E-state index contributed by atoms with van der Waals surface area (Å²) in [6.07, 6.45) is 5.59. The molecule has 2 nitrogen and oxygen atoms in total. The molecule has 0 amide bonds. The monoisotopic (exact) mass is 1060 g/mol.